The van der Waals surface area contributed by atoms with Gasteiger partial charge >= 0.3 is 48.4 Å². The van der Waals surface area contributed by atoms with Gasteiger partial charge < -0.3 is 19.8 Å². The van der Waals surface area contributed by atoms with Crippen LogP contribution in [0.1, 0.15) is 90.9 Å². The second-order valence-corrected chi connectivity index (χ2v) is 5.99. The second-order valence-electron chi connectivity index (χ2n) is 5.99. The Morgan fingerprint density at radius 3 is 1.26 bits per heavy atom. The number of unbranched alkanes of at least 4 members (excludes halogenated alkanes) is 8. The number of carboxylic acid groups (broad SMARTS) is 2. The Morgan fingerprint density at radius 1 is 0.696 bits per heavy atom. The third-order valence-corrected chi connectivity index (χ3v) is 4.20. The predicted octanol–water partition coefficient (Wildman–Crippen LogP) is -3.80. The largest absolute Gasteiger partial charge is 1.00 e. The number of hydrogen-bond acceptors (Lipinski definition) is 4. The van der Waals surface area contributed by atoms with Crippen molar-refractivity contribution in [2.45, 2.75) is 90.9 Å². The van der Waals surface area contributed by atoms with E-state index in [1.807, 2.05) is 0 Å². The summed E-state index contributed by atoms with van der Waals surface area (Å²) in [6, 6.07) is 0. The third kappa shape index (κ3) is 11.7. The molecule has 23 heavy (non-hydrogen) atoms. The number of carbonyl (C=O) groups is 2. The molecule has 0 aliphatic carbocycles. The van der Waals surface area contributed by atoms with Crippen LogP contribution in [0.5, 0.6) is 0 Å². The molecule has 0 atom stereocenters. The van der Waals surface area contributed by atoms with Gasteiger partial charge in [-0.15, -0.1) is 0 Å². The molecule has 124 valence electrons. The van der Waals surface area contributed by atoms with Gasteiger partial charge in [-0.1, -0.05) is 78.1 Å². The monoisotopic (exact) mass is 328 g/mol. The summed E-state index contributed by atoms with van der Waals surface area (Å²) in [6.07, 6.45) is 9.65. The van der Waals surface area contributed by atoms with Crippen LogP contribution in [-0.2, 0) is 9.59 Å². The van der Waals surface area contributed by atoms with Crippen molar-refractivity contribution in [3.05, 3.63) is 0 Å². The first kappa shape index (κ1) is 28.3. The van der Waals surface area contributed by atoms with Gasteiger partial charge in [-0.25, -0.2) is 0 Å². The fourth-order valence-electron chi connectivity index (χ4n) is 2.68. The number of aliphatic carboxylic acids is 2. The Hall–Kier alpha value is 0.537. The fraction of sp³-hybridized carbons (Fsp3) is 0.882. The summed E-state index contributed by atoms with van der Waals surface area (Å²) in [6.45, 7) is 4.20. The van der Waals surface area contributed by atoms with Crippen LogP contribution in [0.25, 0.3) is 0 Å². The van der Waals surface area contributed by atoms with Gasteiger partial charge in [0.1, 0.15) is 0 Å². The molecule has 0 saturated carbocycles. The second kappa shape index (κ2) is 17.4. The molecule has 0 aromatic rings. The van der Waals surface area contributed by atoms with Crippen molar-refractivity contribution in [1.29, 1.82) is 0 Å². The van der Waals surface area contributed by atoms with E-state index in [1.165, 1.54) is 0 Å². The smallest absolute Gasteiger partial charge is 0.549 e. The molecular formula is C17H30LiNaO4. The van der Waals surface area contributed by atoms with Crippen LogP contribution in [0.15, 0.2) is 0 Å². The standard InChI is InChI=1S/C17H32O4.Li.Na/c1-3-5-7-9-11-13-17(15(18)19,16(20)21)14-12-10-8-6-4-2;;/h3-14H2,1-2H3,(H,18,19)(H,20,21);;/q;2*+1/p-2. The molecule has 0 fully saturated rings. The molecule has 0 aliphatic rings. The van der Waals surface area contributed by atoms with Gasteiger partial charge in [-0.05, 0) is 12.8 Å². The molecule has 4 nitrogen and oxygen atoms in total. The normalized spacial score (nSPS) is 10.5. The van der Waals surface area contributed by atoms with Crippen LogP contribution >= 0.6 is 0 Å². The van der Waals surface area contributed by atoms with E-state index < -0.39 is 17.4 Å². The van der Waals surface area contributed by atoms with Crippen molar-refractivity contribution >= 4 is 11.9 Å². The zero-order valence-electron chi connectivity index (χ0n) is 15.6. The number of carbonyl (C=O) groups excluding carboxylic acids is 2. The Morgan fingerprint density at radius 2 is 1.00 bits per heavy atom. The fourth-order valence-corrected chi connectivity index (χ4v) is 2.68. The molecule has 0 bridgehead atoms. The van der Waals surface area contributed by atoms with Crippen LogP contribution in [0, 0.1) is 5.41 Å². The number of rotatable bonds is 14. The van der Waals surface area contributed by atoms with Gasteiger partial charge in [-0.2, -0.15) is 0 Å². The topological polar surface area (TPSA) is 80.3 Å². The van der Waals surface area contributed by atoms with Crippen molar-refractivity contribution in [1.82, 2.24) is 0 Å². The third-order valence-electron chi connectivity index (χ3n) is 4.20. The van der Waals surface area contributed by atoms with Gasteiger partial charge in [0.2, 0.25) is 0 Å². The van der Waals surface area contributed by atoms with Crippen LogP contribution in [0.3, 0.4) is 0 Å². The summed E-state index contributed by atoms with van der Waals surface area (Å²) in [5.41, 5.74) is -1.79. The van der Waals surface area contributed by atoms with Gasteiger partial charge in [-0.3, -0.25) is 0 Å². The molecule has 0 saturated heterocycles. The Kier molecular flexibility index (Phi) is 21.4. The van der Waals surface area contributed by atoms with Crippen molar-refractivity contribution in [2.75, 3.05) is 0 Å². The first-order chi connectivity index (χ1) is 10.0. The molecular weight excluding hydrogens is 298 g/mol. The zero-order chi connectivity index (χ0) is 16.1. The van der Waals surface area contributed by atoms with Crippen LogP contribution in [-0.4, -0.2) is 11.9 Å². The number of hydrogen-bond donors (Lipinski definition) is 0. The maximum Gasteiger partial charge on any atom is 1.00 e. The van der Waals surface area contributed by atoms with E-state index in [0.717, 1.165) is 51.4 Å². The van der Waals surface area contributed by atoms with E-state index in [1.54, 1.807) is 0 Å². The van der Waals surface area contributed by atoms with Crippen molar-refractivity contribution in [3.8, 4) is 0 Å². The quantitative estimate of drug-likeness (QED) is 0.186. The minimum Gasteiger partial charge on any atom is -0.549 e. The summed E-state index contributed by atoms with van der Waals surface area (Å²) in [5.74, 6) is -2.96. The van der Waals surface area contributed by atoms with Crippen LogP contribution < -0.4 is 58.6 Å². The summed E-state index contributed by atoms with van der Waals surface area (Å²) < 4.78 is 0. The summed E-state index contributed by atoms with van der Waals surface area (Å²) >= 11 is 0. The average molecular weight is 328 g/mol. The predicted molar refractivity (Wildman–Crippen MR) is 79.2 cm³/mol. The first-order valence-corrected chi connectivity index (χ1v) is 8.44. The van der Waals surface area contributed by atoms with E-state index in [0.29, 0.717) is 12.8 Å². The van der Waals surface area contributed by atoms with E-state index in [-0.39, 0.29) is 61.3 Å². The molecule has 0 amide bonds. The Labute approximate surface area is 175 Å². The maximum absolute atomic E-state index is 11.4. The van der Waals surface area contributed by atoms with Crippen molar-refractivity contribution in [3.63, 3.8) is 0 Å². The molecule has 0 spiro atoms. The van der Waals surface area contributed by atoms with Gasteiger partial charge in [0, 0.05) is 5.41 Å². The maximum atomic E-state index is 11.4. The minimum absolute atomic E-state index is 0. The average Bonchev–Trinajstić information content (AvgIpc) is 2.44. The van der Waals surface area contributed by atoms with E-state index >= 15 is 0 Å². The summed E-state index contributed by atoms with van der Waals surface area (Å²) in [7, 11) is 0. The minimum atomic E-state index is -1.79. The molecule has 0 aliphatic heterocycles. The number of carboxylic acids is 2. The van der Waals surface area contributed by atoms with E-state index in [9.17, 15) is 19.8 Å². The molecule has 0 aromatic heterocycles. The van der Waals surface area contributed by atoms with Crippen molar-refractivity contribution < 1.29 is 68.2 Å². The van der Waals surface area contributed by atoms with Crippen LogP contribution in [0.2, 0.25) is 0 Å². The Bertz CT molecular complexity index is 281. The van der Waals surface area contributed by atoms with E-state index in [4.69, 9.17) is 0 Å². The summed E-state index contributed by atoms with van der Waals surface area (Å²) in [4.78, 5) is 22.7. The van der Waals surface area contributed by atoms with Gasteiger partial charge in [0.15, 0.2) is 0 Å². The van der Waals surface area contributed by atoms with Gasteiger partial charge in [0.05, 0.1) is 11.9 Å². The van der Waals surface area contributed by atoms with E-state index in [2.05, 4.69) is 13.8 Å². The SMILES string of the molecule is CCCCCCCC(CCCCCCC)(C(=O)[O-])C(=O)[O-].[Li+].[Na+]. The summed E-state index contributed by atoms with van der Waals surface area (Å²) in [5, 5.41) is 22.7. The van der Waals surface area contributed by atoms with Crippen molar-refractivity contribution in [2.24, 2.45) is 5.41 Å². The van der Waals surface area contributed by atoms with Gasteiger partial charge in [0.25, 0.3) is 0 Å². The molecule has 0 heterocycles. The molecule has 0 rings (SSSR count). The van der Waals surface area contributed by atoms with Crippen LogP contribution in [0.4, 0.5) is 0 Å². The zero-order valence-corrected chi connectivity index (χ0v) is 17.6. The Balaban J connectivity index is -0.00000200. The molecule has 0 aromatic carbocycles. The molecule has 0 N–H and O–H groups in total. The first-order valence-electron chi connectivity index (χ1n) is 8.44. The molecule has 0 unspecified atom stereocenters. The molecule has 6 heteroatoms. The molecule has 0 radical (unpaired) electrons.